The third-order valence-corrected chi connectivity index (χ3v) is 10.7. The summed E-state index contributed by atoms with van der Waals surface area (Å²) in [6.45, 7) is 11.8. The Bertz CT molecular complexity index is 1340. The largest absolute Gasteiger partial charge is 0.379 e. The van der Waals surface area contributed by atoms with E-state index >= 15 is 0 Å². The number of primary amides is 1. The number of ether oxygens (including phenoxy) is 2. The number of likely N-dealkylation sites (N-methyl/N-ethyl adjacent to an activating group) is 2. The van der Waals surface area contributed by atoms with Crippen molar-refractivity contribution in [2.45, 2.75) is 122 Å². The van der Waals surface area contributed by atoms with E-state index in [2.05, 4.69) is 10.6 Å². The third-order valence-electron chi connectivity index (χ3n) is 10.7. The lowest BCUT2D eigenvalue weighted by Crippen LogP contribution is -2.62. The Hall–Kier alpha value is -3.59. The number of likely N-dealkylation sites (tertiary alicyclic amines) is 1. The number of carbonyl (C=O) groups is 5. The minimum absolute atomic E-state index is 0.000467. The van der Waals surface area contributed by atoms with Gasteiger partial charge in [-0.2, -0.15) is 0 Å². The van der Waals surface area contributed by atoms with Gasteiger partial charge < -0.3 is 41.4 Å². The molecule has 1 aliphatic heterocycles. The van der Waals surface area contributed by atoms with Crippen molar-refractivity contribution in [3.8, 4) is 0 Å². The van der Waals surface area contributed by atoms with Crippen molar-refractivity contribution in [1.29, 1.82) is 0 Å². The molecule has 300 valence electrons. The van der Waals surface area contributed by atoms with Gasteiger partial charge in [-0.25, -0.2) is 0 Å². The maximum absolute atomic E-state index is 14.1. The van der Waals surface area contributed by atoms with Gasteiger partial charge >= 0.3 is 0 Å². The van der Waals surface area contributed by atoms with Crippen LogP contribution in [0.1, 0.15) is 72.8 Å². The fraction of sp³-hybridized carbons (Fsp3) is 0.718. The first-order valence-corrected chi connectivity index (χ1v) is 18.9. The smallest absolute Gasteiger partial charge is 0.246 e. The molecule has 1 fully saturated rings. The van der Waals surface area contributed by atoms with Crippen LogP contribution in [0.2, 0.25) is 0 Å². The Labute approximate surface area is 317 Å². The summed E-state index contributed by atoms with van der Waals surface area (Å²) in [5.41, 5.74) is 12.8. The van der Waals surface area contributed by atoms with Gasteiger partial charge in [0.15, 0.2) is 0 Å². The first-order valence-electron chi connectivity index (χ1n) is 18.9. The summed E-state index contributed by atoms with van der Waals surface area (Å²) < 4.78 is 11.9. The van der Waals surface area contributed by atoms with E-state index < -0.39 is 66.2 Å². The van der Waals surface area contributed by atoms with Crippen LogP contribution in [0, 0.1) is 17.8 Å². The van der Waals surface area contributed by atoms with E-state index in [-0.39, 0.29) is 42.4 Å². The maximum Gasteiger partial charge on any atom is 0.246 e. The first-order chi connectivity index (χ1) is 24.9. The average molecular weight is 746 g/mol. The van der Waals surface area contributed by atoms with Crippen LogP contribution in [0.5, 0.6) is 0 Å². The van der Waals surface area contributed by atoms with Gasteiger partial charge in [0, 0.05) is 40.3 Å². The van der Waals surface area contributed by atoms with Crippen LogP contribution in [0.4, 0.5) is 0 Å². The monoisotopic (exact) mass is 746 g/mol. The molecule has 14 heteroatoms. The lowest BCUT2D eigenvalue weighted by molar-refractivity contribution is -0.147. The number of hydrogen-bond donors (Lipinski definition) is 4. The second kappa shape index (κ2) is 21.3. The standard InChI is InChI=1S/C39H67N7O7/c1-12-24(4)34(45(9)39(51)32(26(6)40)43-38(50)33(23(2)3)44(7)8)30(52-10)22-31(47)46-20-16-19-29(46)35(53-11)25(5)37(49)42-28(36(41)48)21-27-17-14-13-15-18-27/h13-15,17-18,23-26,28-30,32-35H,12,16,19-22,40H2,1-11H3,(H2,41,48)(H,42,49)(H,43,50)/t24?,25?,26?,28?,29-,30?,32?,33?,34?,35?/m0/s1. The summed E-state index contributed by atoms with van der Waals surface area (Å²) in [7, 11) is 8.34. The predicted octanol–water partition coefficient (Wildman–Crippen LogP) is 1.54. The number of nitrogens with zero attached hydrogens (tertiary/aromatic N) is 3. The summed E-state index contributed by atoms with van der Waals surface area (Å²) in [5, 5.41) is 5.70. The zero-order chi connectivity index (χ0) is 40.2. The van der Waals surface area contributed by atoms with Crippen LogP contribution in [0.15, 0.2) is 30.3 Å². The number of nitrogens with one attached hydrogen (secondary N) is 2. The molecule has 1 saturated heterocycles. The Kier molecular flexibility index (Phi) is 18.3. The van der Waals surface area contributed by atoms with Gasteiger partial charge in [-0.15, -0.1) is 0 Å². The van der Waals surface area contributed by atoms with E-state index in [0.717, 1.165) is 5.56 Å². The Morgan fingerprint density at radius 3 is 2.06 bits per heavy atom. The Morgan fingerprint density at radius 2 is 1.57 bits per heavy atom. The zero-order valence-corrected chi connectivity index (χ0v) is 33.8. The molecule has 0 radical (unpaired) electrons. The number of nitrogens with two attached hydrogens (primary N) is 2. The van der Waals surface area contributed by atoms with Gasteiger partial charge in [-0.1, -0.05) is 71.4 Å². The maximum atomic E-state index is 14.1. The summed E-state index contributed by atoms with van der Waals surface area (Å²) in [4.78, 5) is 72.6. The fourth-order valence-corrected chi connectivity index (χ4v) is 7.69. The van der Waals surface area contributed by atoms with Crippen LogP contribution >= 0.6 is 0 Å². The molecule has 14 nitrogen and oxygen atoms in total. The summed E-state index contributed by atoms with van der Waals surface area (Å²) in [5.74, 6) is -2.67. The highest BCUT2D eigenvalue weighted by atomic mass is 16.5. The van der Waals surface area contributed by atoms with E-state index in [1.54, 1.807) is 30.7 Å². The molecule has 0 saturated carbocycles. The summed E-state index contributed by atoms with van der Waals surface area (Å²) in [6.07, 6.45) is 0.918. The molecular weight excluding hydrogens is 678 g/mol. The molecule has 6 N–H and O–H groups in total. The molecule has 1 aliphatic rings. The molecule has 0 spiro atoms. The normalized spacial score (nSPS) is 19.7. The van der Waals surface area contributed by atoms with Gasteiger partial charge in [0.05, 0.1) is 42.7 Å². The van der Waals surface area contributed by atoms with Crippen molar-refractivity contribution < 1.29 is 33.4 Å². The summed E-state index contributed by atoms with van der Waals surface area (Å²) in [6, 6.07) is 5.33. The molecule has 0 aliphatic carbocycles. The highest BCUT2D eigenvalue weighted by Crippen LogP contribution is 2.29. The van der Waals surface area contributed by atoms with E-state index in [1.807, 2.05) is 77.0 Å². The minimum atomic E-state index is -0.992. The number of carbonyl (C=O) groups excluding carboxylic acids is 5. The van der Waals surface area contributed by atoms with Gasteiger partial charge in [0.25, 0.3) is 0 Å². The van der Waals surface area contributed by atoms with E-state index in [9.17, 15) is 24.0 Å². The number of amides is 5. The molecule has 1 aromatic carbocycles. The molecule has 5 amide bonds. The lowest BCUT2D eigenvalue weighted by Gasteiger charge is -2.41. The van der Waals surface area contributed by atoms with Crippen molar-refractivity contribution >= 4 is 29.5 Å². The van der Waals surface area contributed by atoms with Crippen molar-refractivity contribution in [2.75, 3.05) is 41.9 Å². The second-order valence-corrected chi connectivity index (χ2v) is 15.2. The lowest BCUT2D eigenvalue weighted by atomic mass is 9.89. The minimum Gasteiger partial charge on any atom is -0.379 e. The second-order valence-electron chi connectivity index (χ2n) is 15.2. The van der Waals surface area contributed by atoms with E-state index in [0.29, 0.717) is 25.8 Å². The van der Waals surface area contributed by atoms with Crippen LogP contribution in [0.25, 0.3) is 0 Å². The fourth-order valence-electron chi connectivity index (χ4n) is 7.69. The topological polar surface area (TPSA) is 190 Å². The third kappa shape index (κ3) is 12.2. The van der Waals surface area contributed by atoms with Gasteiger partial charge in [-0.3, -0.25) is 28.9 Å². The average Bonchev–Trinajstić information content (AvgIpc) is 3.59. The molecule has 10 atom stereocenters. The molecular formula is C39H67N7O7. The quantitative estimate of drug-likeness (QED) is 0.145. The molecule has 53 heavy (non-hydrogen) atoms. The number of benzene rings is 1. The molecule has 9 unspecified atom stereocenters. The van der Waals surface area contributed by atoms with E-state index in [4.69, 9.17) is 20.9 Å². The molecule has 1 heterocycles. The van der Waals surface area contributed by atoms with Crippen molar-refractivity contribution in [3.63, 3.8) is 0 Å². The van der Waals surface area contributed by atoms with Crippen LogP contribution in [-0.2, 0) is 39.9 Å². The van der Waals surface area contributed by atoms with Crippen LogP contribution < -0.4 is 22.1 Å². The molecule has 1 aromatic rings. The molecule has 0 bridgehead atoms. The first kappa shape index (κ1) is 45.6. The van der Waals surface area contributed by atoms with E-state index in [1.165, 1.54) is 14.2 Å². The van der Waals surface area contributed by atoms with Crippen LogP contribution in [-0.4, -0.2) is 135 Å². The van der Waals surface area contributed by atoms with Gasteiger partial charge in [-0.05, 0) is 51.3 Å². The van der Waals surface area contributed by atoms with Crippen molar-refractivity contribution in [1.82, 2.24) is 25.3 Å². The Balaban J connectivity index is 2.27. The highest BCUT2D eigenvalue weighted by molar-refractivity contribution is 5.91. The number of methoxy groups -OCH3 is 2. The SMILES string of the molecule is CCC(C)C(C(CC(=O)N1CCC[C@H]1C(OC)C(C)C(=O)NC(Cc1ccccc1)C(N)=O)OC)N(C)C(=O)C(NC(=O)C(C(C)C)N(C)C)C(C)N. The molecule has 2 rings (SSSR count). The molecule has 0 aromatic heterocycles. The predicted molar refractivity (Wildman–Crippen MR) is 205 cm³/mol. The van der Waals surface area contributed by atoms with Gasteiger partial charge in [0.2, 0.25) is 29.5 Å². The van der Waals surface area contributed by atoms with Crippen molar-refractivity contribution in [2.24, 2.45) is 29.2 Å². The Morgan fingerprint density at radius 1 is 0.943 bits per heavy atom. The summed E-state index contributed by atoms with van der Waals surface area (Å²) >= 11 is 0. The number of rotatable bonds is 21. The number of hydrogen-bond acceptors (Lipinski definition) is 9. The van der Waals surface area contributed by atoms with Gasteiger partial charge in [0.1, 0.15) is 12.1 Å². The van der Waals surface area contributed by atoms with Crippen molar-refractivity contribution in [3.05, 3.63) is 35.9 Å². The zero-order valence-electron chi connectivity index (χ0n) is 33.8. The highest BCUT2D eigenvalue weighted by Gasteiger charge is 2.43. The van der Waals surface area contributed by atoms with Crippen LogP contribution in [0.3, 0.4) is 0 Å².